The lowest BCUT2D eigenvalue weighted by Gasteiger charge is -2.18. The molecule has 6 heteroatoms. The first-order valence-corrected chi connectivity index (χ1v) is 30.8. The molecule has 1 atom stereocenters. The average molecular weight is 972 g/mol. The molecule has 0 aromatic heterocycles. The van der Waals surface area contributed by atoms with E-state index in [9.17, 15) is 14.4 Å². The second-order valence-corrected chi connectivity index (χ2v) is 21.0. The molecule has 0 fully saturated rings. The maximum Gasteiger partial charge on any atom is 0.306 e. The second kappa shape index (κ2) is 58.5. The summed E-state index contributed by atoms with van der Waals surface area (Å²) in [6, 6.07) is 0. The number of hydrogen-bond acceptors (Lipinski definition) is 6. The molecular weight excluding hydrogens is 853 g/mol. The van der Waals surface area contributed by atoms with E-state index in [4.69, 9.17) is 14.2 Å². The van der Waals surface area contributed by atoms with Crippen molar-refractivity contribution >= 4 is 17.9 Å². The Bertz CT molecular complexity index is 1110. The summed E-state index contributed by atoms with van der Waals surface area (Å²) in [5, 5.41) is 0. The number of rotatable bonds is 57. The Labute approximate surface area is 430 Å². The van der Waals surface area contributed by atoms with Crippen LogP contribution in [0.2, 0.25) is 0 Å². The molecule has 0 saturated carbocycles. The molecule has 0 aromatic rings. The summed E-state index contributed by atoms with van der Waals surface area (Å²) in [5.41, 5.74) is 0. The topological polar surface area (TPSA) is 78.9 Å². The molecule has 1 unspecified atom stereocenters. The summed E-state index contributed by atoms with van der Waals surface area (Å²) in [7, 11) is 0. The quantitative estimate of drug-likeness (QED) is 0.0261. The third-order valence-corrected chi connectivity index (χ3v) is 13.9. The van der Waals surface area contributed by atoms with Gasteiger partial charge < -0.3 is 14.2 Å². The van der Waals surface area contributed by atoms with E-state index in [1.54, 1.807) is 0 Å². The van der Waals surface area contributed by atoms with Gasteiger partial charge in [0.2, 0.25) is 0 Å². The van der Waals surface area contributed by atoms with Crippen LogP contribution in [0, 0.1) is 0 Å². The van der Waals surface area contributed by atoms with Crippen molar-refractivity contribution in [2.24, 2.45) is 0 Å². The van der Waals surface area contributed by atoms with Gasteiger partial charge in [-0.2, -0.15) is 0 Å². The number of carbonyl (C=O) groups excluding carboxylic acids is 3. The van der Waals surface area contributed by atoms with Gasteiger partial charge in [-0.3, -0.25) is 14.4 Å². The van der Waals surface area contributed by atoms with Crippen molar-refractivity contribution in [2.45, 2.75) is 348 Å². The fourth-order valence-corrected chi connectivity index (χ4v) is 9.26. The molecule has 0 aliphatic rings. The van der Waals surface area contributed by atoms with Crippen molar-refractivity contribution in [1.82, 2.24) is 0 Å². The number of esters is 3. The lowest BCUT2D eigenvalue weighted by atomic mass is 10.0. The van der Waals surface area contributed by atoms with Crippen LogP contribution in [-0.2, 0) is 28.6 Å². The minimum Gasteiger partial charge on any atom is -0.462 e. The molecule has 0 bridgehead atoms. The van der Waals surface area contributed by atoms with Gasteiger partial charge in [0.15, 0.2) is 6.10 Å². The highest BCUT2D eigenvalue weighted by Crippen LogP contribution is 2.17. The first-order chi connectivity index (χ1) is 34.0. The maximum absolute atomic E-state index is 12.9. The van der Waals surface area contributed by atoms with E-state index in [0.717, 1.165) is 57.8 Å². The van der Waals surface area contributed by atoms with Crippen LogP contribution in [0.1, 0.15) is 342 Å². The van der Waals surface area contributed by atoms with Crippen molar-refractivity contribution in [3.8, 4) is 0 Å². The lowest BCUT2D eigenvalue weighted by molar-refractivity contribution is -0.167. The van der Waals surface area contributed by atoms with Crippen LogP contribution >= 0.6 is 0 Å². The van der Waals surface area contributed by atoms with Gasteiger partial charge in [0, 0.05) is 19.3 Å². The number of ether oxygens (including phenoxy) is 3. The van der Waals surface area contributed by atoms with E-state index in [-0.39, 0.29) is 31.1 Å². The fourth-order valence-electron chi connectivity index (χ4n) is 9.26. The third kappa shape index (κ3) is 56.7. The van der Waals surface area contributed by atoms with Crippen molar-refractivity contribution in [1.29, 1.82) is 0 Å². The summed E-state index contributed by atoms with van der Waals surface area (Å²) in [6.07, 6.45) is 68.8. The second-order valence-electron chi connectivity index (χ2n) is 21.0. The van der Waals surface area contributed by atoms with Crippen LogP contribution in [0.25, 0.3) is 0 Å². The SMILES string of the molecule is CCCCCCCCC/C=C\CCCCCCCCCC(=O)OCC(COC(=O)CCCCCCCCCCCCCCCCC)OC(=O)CCCCCCCCC/C=C\CCCCCCCCC. The first-order valence-electron chi connectivity index (χ1n) is 30.8. The minimum absolute atomic E-state index is 0.0696. The van der Waals surface area contributed by atoms with Crippen LogP contribution in [-0.4, -0.2) is 37.2 Å². The Morgan fingerprint density at radius 2 is 0.478 bits per heavy atom. The summed E-state index contributed by atoms with van der Waals surface area (Å²) in [6.45, 7) is 6.69. The van der Waals surface area contributed by atoms with E-state index in [2.05, 4.69) is 45.1 Å². The average Bonchev–Trinajstić information content (AvgIpc) is 3.35. The molecular formula is C63H118O6. The third-order valence-electron chi connectivity index (χ3n) is 13.9. The first kappa shape index (κ1) is 66.9. The molecule has 0 aliphatic heterocycles. The summed E-state index contributed by atoms with van der Waals surface area (Å²) in [5.74, 6) is -0.854. The van der Waals surface area contributed by atoms with Crippen molar-refractivity contribution in [2.75, 3.05) is 13.2 Å². The summed E-state index contributed by atoms with van der Waals surface area (Å²) >= 11 is 0. The number of hydrogen-bond donors (Lipinski definition) is 0. The standard InChI is InChI=1S/C63H118O6/c1-4-7-10-13-16-19-22-25-28-30-32-35-38-41-44-47-50-53-56-62(65)68-59-60(58-67-61(64)55-52-49-46-43-40-37-34-27-24-21-18-15-12-9-6-3)69-63(66)57-54-51-48-45-42-39-36-33-31-29-26-23-20-17-14-11-8-5-2/h28-31,60H,4-27,32-59H2,1-3H3/b30-28-,31-29-. The predicted molar refractivity (Wildman–Crippen MR) is 298 cm³/mol. The van der Waals surface area contributed by atoms with Crippen molar-refractivity contribution in [3.05, 3.63) is 24.3 Å². The largest absolute Gasteiger partial charge is 0.462 e. The van der Waals surface area contributed by atoms with Gasteiger partial charge in [-0.05, 0) is 70.6 Å². The molecule has 0 aromatic carbocycles. The molecule has 406 valence electrons. The lowest BCUT2D eigenvalue weighted by Crippen LogP contribution is -2.30. The smallest absolute Gasteiger partial charge is 0.306 e. The highest BCUT2D eigenvalue weighted by Gasteiger charge is 2.19. The molecule has 0 amide bonds. The number of carbonyl (C=O) groups is 3. The van der Waals surface area contributed by atoms with Gasteiger partial charge in [0.1, 0.15) is 13.2 Å². The van der Waals surface area contributed by atoms with Crippen LogP contribution in [0.3, 0.4) is 0 Å². The predicted octanol–water partition coefficient (Wildman–Crippen LogP) is 20.7. The summed E-state index contributed by atoms with van der Waals surface area (Å²) in [4.78, 5) is 38.2. The van der Waals surface area contributed by atoms with Gasteiger partial charge in [-0.15, -0.1) is 0 Å². The Morgan fingerprint density at radius 3 is 0.725 bits per heavy atom. The molecule has 6 nitrogen and oxygen atoms in total. The Morgan fingerprint density at radius 1 is 0.275 bits per heavy atom. The van der Waals surface area contributed by atoms with E-state index in [1.807, 2.05) is 0 Å². The van der Waals surface area contributed by atoms with Crippen molar-refractivity contribution in [3.63, 3.8) is 0 Å². The monoisotopic (exact) mass is 971 g/mol. The fraction of sp³-hybridized carbons (Fsp3) is 0.889. The highest BCUT2D eigenvalue weighted by atomic mass is 16.6. The number of allylic oxidation sites excluding steroid dienone is 4. The molecule has 0 aliphatic carbocycles. The molecule has 0 N–H and O–H groups in total. The van der Waals surface area contributed by atoms with Gasteiger partial charge in [0.05, 0.1) is 0 Å². The molecule has 0 heterocycles. The normalized spacial score (nSPS) is 12.1. The van der Waals surface area contributed by atoms with E-state index in [0.29, 0.717) is 19.3 Å². The van der Waals surface area contributed by atoms with Crippen LogP contribution in [0.15, 0.2) is 24.3 Å². The van der Waals surface area contributed by atoms with Gasteiger partial charge in [-0.1, -0.05) is 276 Å². The Hall–Kier alpha value is -2.11. The van der Waals surface area contributed by atoms with E-state index < -0.39 is 6.10 Å². The zero-order valence-corrected chi connectivity index (χ0v) is 46.6. The van der Waals surface area contributed by atoms with Gasteiger partial charge in [-0.25, -0.2) is 0 Å². The molecule has 0 radical (unpaired) electrons. The molecule has 0 saturated heterocycles. The zero-order valence-electron chi connectivity index (χ0n) is 46.6. The molecule has 0 rings (SSSR count). The van der Waals surface area contributed by atoms with Crippen molar-refractivity contribution < 1.29 is 28.6 Å². The molecule has 0 spiro atoms. The van der Waals surface area contributed by atoms with Crippen LogP contribution in [0.5, 0.6) is 0 Å². The Kier molecular flexibility index (Phi) is 56.7. The summed E-state index contributed by atoms with van der Waals surface area (Å²) < 4.78 is 16.9. The maximum atomic E-state index is 12.9. The number of unbranched alkanes of at least 4 members (excludes halogenated alkanes) is 42. The van der Waals surface area contributed by atoms with Gasteiger partial charge >= 0.3 is 17.9 Å². The zero-order chi connectivity index (χ0) is 50.0. The van der Waals surface area contributed by atoms with Gasteiger partial charge in [0.25, 0.3) is 0 Å². The Balaban J connectivity index is 4.34. The van der Waals surface area contributed by atoms with Crippen LogP contribution in [0.4, 0.5) is 0 Å². The minimum atomic E-state index is -0.772. The van der Waals surface area contributed by atoms with E-state index >= 15 is 0 Å². The molecule has 69 heavy (non-hydrogen) atoms. The van der Waals surface area contributed by atoms with E-state index in [1.165, 1.54) is 244 Å². The van der Waals surface area contributed by atoms with Crippen LogP contribution < -0.4 is 0 Å². The highest BCUT2D eigenvalue weighted by molar-refractivity contribution is 5.71.